The fourth-order valence-corrected chi connectivity index (χ4v) is 1.77. The molecular formula is C15H21NO4. The van der Waals surface area contributed by atoms with Crippen molar-refractivity contribution in [1.29, 1.82) is 0 Å². The summed E-state index contributed by atoms with van der Waals surface area (Å²) in [6.07, 6.45) is 0.239. The lowest BCUT2D eigenvalue weighted by atomic mass is 9.92. The zero-order valence-electron chi connectivity index (χ0n) is 12.0. The Morgan fingerprint density at radius 3 is 2.25 bits per heavy atom. The molecule has 0 bridgehead atoms. The highest BCUT2D eigenvalue weighted by atomic mass is 16.6. The van der Waals surface area contributed by atoms with Crippen molar-refractivity contribution in [1.82, 2.24) is 0 Å². The Hall–Kier alpha value is -1.88. The Morgan fingerprint density at radius 2 is 1.80 bits per heavy atom. The van der Waals surface area contributed by atoms with Gasteiger partial charge in [0.15, 0.2) is 0 Å². The summed E-state index contributed by atoms with van der Waals surface area (Å²) in [6, 6.07) is 7.87. The van der Waals surface area contributed by atoms with Crippen LogP contribution in [0.5, 0.6) is 0 Å². The summed E-state index contributed by atoms with van der Waals surface area (Å²) < 4.78 is 5.26. The third kappa shape index (κ3) is 5.01. The number of hydrogen-bond donors (Lipinski definition) is 2. The monoisotopic (exact) mass is 279 g/mol. The van der Waals surface area contributed by atoms with Gasteiger partial charge in [-0.15, -0.1) is 0 Å². The van der Waals surface area contributed by atoms with Gasteiger partial charge in [0.2, 0.25) is 0 Å². The molecule has 110 valence electrons. The largest absolute Gasteiger partial charge is 0.480 e. The molecule has 5 heteroatoms. The molecule has 0 aromatic heterocycles. The standard InChI is InChI=1S/C15H21NO4/c1-15(2,3)20-14(19)11(12(16)13(17)18)9-10-7-5-4-6-8-10/h4-8,11-12H,9,16H2,1-3H3,(H,17,18)/t11?,12-/m1/s1. The Labute approximate surface area is 118 Å². The predicted octanol–water partition coefficient (Wildman–Crippen LogP) is 1.60. The van der Waals surface area contributed by atoms with Crippen molar-refractivity contribution in [2.45, 2.75) is 38.8 Å². The fourth-order valence-electron chi connectivity index (χ4n) is 1.77. The van der Waals surface area contributed by atoms with E-state index in [2.05, 4.69) is 0 Å². The van der Waals surface area contributed by atoms with Gasteiger partial charge in [-0.05, 0) is 32.8 Å². The van der Waals surface area contributed by atoms with Crippen LogP contribution in [-0.4, -0.2) is 28.7 Å². The van der Waals surface area contributed by atoms with E-state index in [4.69, 9.17) is 15.6 Å². The second kappa shape index (κ2) is 6.52. The number of carboxylic acids is 1. The van der Waals surface area contributed by atoms with Crippen LogP contribution in [0, 0.1) is 5.92 Å². The van der Waals surface area contributed by atoms with Crippen molar-refractivity contribution < 1.29 is 19.4 Å². The average Bonchev–Trinajstić information content (AvgIpc) is 2.34. The van der Waals surface area contributed by atoms with E-state index in [1.807, 2.05) is 30.3 Å². The van der Waals surface area contributed by atoms with E-state index in [1.54, 1.807) is 20.8 Å². The zero-order valence-corrected chi connectivity index (χ0v) is 12.0. The molecule has 0 saturated carbocycles. The number of carbonyl (C=O) groups is 2. The number of esters is 1. The van der Waals surface area contributed by atoms with Gasteiger partial charge in [-0.3, -0.25) is 9.59 Å². The highest BCUT2D eigenvalue weighted by molar-refractivity contribution is 5.83. The first-order valence-electron chi connectivity index (χ1n) is 6.46. The predicted molar refractivity (Wildman–Crippen MR) is 75.1 cm³/mol. The highest BCUT2D eigenvalue weighted by Gasteiger charge is 2.34. The van der Waals surface area contributed by atoms with Crippen molar-refractivity contribution in [3.8, 4) is 0 Å². The van der Waals surface area contributed by atoms with Gasteiger partial charge >= 0.3 is 11.9 Å². The molecule has 3 N–H and O–H groups in total. The molecule has 20 heavy (non-hydrogen) atoms. The third-order valence-electron chi connectivity index (χ3n) is 2.73. The second-order valence-corrected chi connectivity index (χ2v) is 5.69. The number of carboxylic acid groups (broad SMARTS) is 1. The molecule has 0 radical (unpaired) electrons. The number of carbonyl (C=O) groups excluding carboxylic acids is 1. The lowest BCUT2D eigenvalue weighted by Gasteiger charge is -2.25. The fraction of sp³-hybridized carbons (Fsp3) is 0.467. The smallest absolute Gasteiger partial charge is 0.321 e. The Bertz CT molecular complexity index is 465. The average molecular weight is 279 g/mol. The molecule has 2 atom stereocenters. The summed E-state index contributed by atoms with van der Waals surface area (Å²) in [5.74, 6) is -2.71. The highest BCUT2D eigenvalue weighted by Crippen LogP contribution is 2.18. The normalized spacial score (nSPS) is 14.4. The molecule has 0 fully saturated rings. The maximum Gasteiger partial charge on any atom is 0.321 e. The van der Waals surface area contributed by atoms with Crippen LogP contribution in [0.4, 0.5) is 0 Å². The van der Waals surface area contributed by atoms with Crippen molar-refractivity contribution in [2.75, 3.05) is 0 Å². The van der Waals surface area contributed by atoms with E-state index in [-0.39, 0.29) is 6.42 Å². The van der Waals surface area contributed by atoms with Crippen LogP contribution in [0.15, 0.2) is 30.3 Å². The van der Waals surface area contributed by atoms with E-state index < -0.39 is 29.5 Å². The van der Waals surface area contributed by atoms with Crippen molar-refractivity contribution in [3.63, 3.8) is 0 Å². The van der Waals surface area contributed by atoms with E-state index in [0.717, 1.165) is 5.56 Å². The summed E-state index contributed by atoms with van der Waals surface area (Å²) in [4.78, 5) is 23.2. The molecule has 0 aliphatic heterocycles. The van der Waals surface area contributed by atoms with E-state index in [0.29, 0.717) is 0 Å². The first-order chi connectivity index (χ1) is 9.20. The maximum absolute atomic E-state index is 12.1. The van der Waals surface area contributed by atoms with E-state index in [1.165, 1.54) is 0 Å². The van der Waals surface area contributed by atoms with Crippen LogP contribution in [0.25, 0.3) is 0 Å². The maximum atomic E-state index is 12.1. The van der Waals surface area contributed by atoms with E-state index >= 15 is 0 Å². The van der Waals surface area contributed by atoms with Gasteiger partial charge in [-0.25, -0.2) is 0 Å². The van der Waals surface area contributed by atoms with Crippen molar-refractivity contribution in [3.05, 3.63) is 35.9 Å². The summed E-state index contributed by atoms with van der Waals surface area (Å²) in [5.41, 5.74) is 5.80. The van der Waals surface area contributed by atoms with Gasteiger partial charge in [0, 0.05) is 0 Å². The summed E-state index contributed by atoms with van der Waals surface area (Å²) >= 11 is 0. The minimum atomic E-state index is -1.29. The number of benzene rings is 1. The van der Waals surface area contributed by atoms with Gasteiger partial charge in [-0.1, -0.05) is 30.3 Å². The number of nitrogens with two attached hydrogens (primary N) is 1. The van der Waals surface area contributed by atoms with Crippen LogP contribution < -0.4 is 5.73 Å². The molecule has 5 nitrogen and oxygen atoms in total. The number of hydrogen-bond acceptors (Lipinski definition) is 4. The quantitative estimate of drug-likeness (QED) is 0.799. The van der Waals surface area contributed by atoms with Crippen LogP contribution in [0.2, 0.25) is 0 Å². The molecule has 0 aliphatic rings. The van der Waals surface area contributed by atoms with Crippen LogP contribution in [-0.2, 0) is 20.7 Å². The van der Waals surface area contributed by atoms with Gasteiger partial charge in [0.1, 0.15) is 11.6 Å². The van der Waals surface area contributed by atoms with Gasteiger partial charge in [-0.2, -0.15) is 0 Å². The van der Waals surface area contributed by atoms with Crippen LogP contribution in [0.3, 0.4) is 0 Å². The molecule has 1 rings (SSSR count). The lowest BCUT2D eigenvalue weighted by Crippen LogP contribution is -2.45. The summed E-state index contributed by atoms with van der Waals surface area (Å²) in [6.45, 7) is 5.20. The Kier molecular flexibility index (Phi) is 5.27. The summed E-state index contributed by atoms with van der Waals surface area (Å²) in [5, 5.41) is 9.04. The molecule has 0 saturated heterocycles. The van der Waals surface area contributed by atoms with Crippen LogP contribution in [0.1, 0.15) is 26.3 Å². The molecule has 1 unspecified atom stereocenters. The van der Waals surface area contributed by atoms with Gasteiger partial charge in [0.25, 0.3) is 0 Å². The van der Waals surface area contributed by atoms with Gasteiger partial charge in [0.05, 0.1) is 5.92 Å². The molecule has 0 amide bonds. The first-order valence-corrected chi connectivity index (χ1v) is 6.46. The SMILES string of the molecule is CC(C)(C)OC(=O)C(Cc1ccccc1)[C@@H](N)C(=O)O. The summed E-state index contributed by atoms with van der Waals surface area (Å²) in [7, 11) is 0. The zero-order chi connectivity index (χ0) is 15.3. The molecular weight excluding hydrogens is 258 g/mol. The number of ether oxygens (including phenoxy) is 1. The van der Waals surface area contributed by atoms with Crippen LogP contribution >= 0.6 is 0 Å². The Balaban J connectivity index is 2.91. The first kappa shape index (κ1) is 16.2. The minimum Gasteiger partial charge on any atom is -0.480 e. The topological polar surface area (TPSA) is 89.6 Å². The van der Waals surface area contributed by atoms with E-state index in [9.17, 15) is 9.59 Å². The molecule has 1 aromatic carbocycles. The number of aliphatic carboxylic acids is 1. The lowest BCUT2D eigenvalue weighted by molar-refractivity contribution is -0.163. The van der Waals surface area contributed by atoms with Gasteiger partial charge < -0.3 is 15.6 Å². The molecule has 0 spiro atoms. The minimum absolute atomic E-state index is 0.239. The molecule has 0 heterocycles. The Morgan fingerprint density at radius 1 is 1.25 bits per heavy atom. The second-order valence-electron chi connectivity index (χ2n) is 5.69. The molecule has 1 aromatic rings. The van der Waals surface area contributed by atoms with Crippen molar-refractivity contribution >= 4 is 11.9 Å². The molecule has 0 aliphatic carbocycles. The number of rotatable bonds is 5. The third-order valence-corrected chi connectivity index (χ3v) is 2.73. The van der Waals surface area contributed by atoms with Crippen molar-refractivity contribution in [2.24, 2.45) is 11.7 Å².